The van der Waals surface area contributed by atoms with E-state index in [9.17, 15) is 4.79 Å². The molecule has 0 radical (unpaired) electrons. The molecule has 0 saturated carbocycles. The van der Waals surface area contributed by atoms with E-state index in [1.165, 1.54) is 10.5 Å². The van der Waals surface area contributed by atoms with E-state index in [-0.39, 0.29) is 12.5 Å². The molecule has 1 fully saturated rings. The first-order chi connectivity index (χ1) is 11.2. The highest BCUT2D eigenvalue weighted by atomic mass is 32.2. The zero-order valence-corrected chi connectivity index (χ0v) is 14.6. The monoisotopic (exact) mass is 334 g/mol. The number of carbonyl (C=O) groups is 1. The van der Waals surface area contributed by atoms with Crippen molar-refractivity contribution in [3.05, 3.63) is 29.8 Å². The van der Waals surface area contributed by atoms with E-state index in [2.05, 4.69) is 29.0 Å². The summed E-state index contributed by atoms with van der Waals surface area (Å²) in [6, 6.07) is 8.85. The lowest BCUT2D eigenvalue weighted by molar-refractivity contribution is -0.133. The van der Waals surface area contributed by atoms with Gasteiger partial charge in [-0.05, 0) is 37.9 Å². The zero-order valence-electron chi connectivity index (χ0n) is 13.8. The second-order valence-corrected chi connectivity index (χ2v) is 7.58. The third kappa shape index (κ3) is 3.73. The first-order valence-electron chi connectivity index (χ1n) is 8.52. The number of amides is 1. The van der Waals surface area contributed by atoms with E-state index < -0.39 is 0 Å². The van der Waals surface area contributed by atoms with Crippen molar-refractivity contribution in [1.29, 1.82) is 0 Å². The Morgan fingerprint density at radius 1 is 1.35 bits per heavy atom. The van der Waals surface area contributed by atoms with Crippen LogP contribution in [0.4, 0.5) is 0 Å². The molecule has 0 aliphatic carbocycles. The summed E-state index contributed by atoms with van der Waals surface area (Å²) in [5.41, 5.74) is 1.21. The van der Waals surface area contributed by atoms with E-state index in [0.717, 1.165) is 44.6 Å². The van der Waals surface area contributed by atoms with E-state index in [1.807, 2.05) is 12.1 Å². The number of hydrogen-bond acceptors (Lipinski definition) is 4. The van der Waals surface area contributed by atoms with Crippen LogP contribution in [0.25, 0.3) is 0 Å². The molecule has 0 bridgehead atoms. The molecule has 1 unspecified atom stereocenters. The first-order valence-corrected chi connectivity index (χ1v) is 9.51. The summed E-state index contributed by atoms with van der Waals surface area (Å²) in [6.07, 6.45) is 2.90. The van der Waals surface area contributed by atoms with E-state index >= 15 is 0 Å². The Hall–Kier alpha value is -1.04. The smallest absolute Gasteiger partial charge is 0.231 e. The Labute approximate surface area is 142 Å². The van der Waals surface area contributed by atoms with Crippen LogP contribution < -0.4 is 0 Å². The van der Waals surface area contributed by atoms with Gasteiger partial charge in [0.15, 0.2) is 0 Å². The summed E-state index contributed by atoms with van der Waals surface area (Å²) in [5, 5.41) is 8.95. The fourth-order valence-electron chi connectivity index (χ4n) is 3.62. The molecule has 23 heavy (non-hydrogen) atoms. The van der Waals surface area contributed by atoms with Crippen LogP contribution in [0.2, 0.25) is 0 Å². The van der Waals surface area contributed by atoms with Crippen molar-refractivity contribution in [2.45, 2.75) is 36.1 Å². The van der Waals surface area contributed by atoms with Crippen molar-refractivity contribution in [3.8, 4) is 0 Å². The van der Waals surface area contributed by atoms with Gasteiger partial charge in [-0.25, -0.2) is 0 Å². The minimum Gasteiger partial charge on any atom is -0.396 e. The van der Waals surface area contributed by atoms with Crippen LogP contribution >= 0.6 is 11.8 Å². The summed E-state index contributed by atoms with van der Waals surface area (Å²) >= 11 is 1.80. The lowest BCUT2D eigenvalue weighted by atomic mass is 9.97. The third-order valence-corrected chi connectivity index (χ3v) is 6.25. The van der Waals surface area contributed by atoms with Crippen LogP contribution in [-0.4, -0.2) is 65.9 Å². The predicted octanol–water partition coefficient (Wildman–Crippen LogP) is 2.18. The summed E-state index contributed by atoms with van der Waals surface area (Å²) in [4.78, 5) is 18.5. The average molecular weight is 334 g/mol. The van der Waals surface area contributed by atoms with Gasteiger partial charge < -0.3 is 14.9 Å². The third-order valence-electron chi connectivity index (χ3n) is 5.07. The minimum atomic E-state index is 0.0415. The highest BCUT2D eigenvalue weighted by Gasteiger charge is 2.34. The predicted molar refractivity (Wildman–Crippen MR) is 93.8 cm³/mol. The second kappa shape index (κ2) is 7.69. The Morgan fingerprint density at radius 2 is 2.09 bits per heavy atom. The number of nitrogens with zero attached hydrogens (tertiary/aromatic N) is 2. The van der Waals surface area contributed by atoms with Crippen molar-refractivity contribution in [3.63, 3.8) is 0 Å². The fourth-order valence-corrected chi connectivity index (χ4v) is 4.84. The molecule has 2 aliphatic rings. The number of aliphatic hydroxyl groups is 1. The van der Waals surface area contributed by atoms with Gasteiger partial charge in [0, 0.05) is 42.9 Å². The van der Waals surface area contributed by atoms with Crippen LogP contribution in [0, 0.1) is 0 Å². The SMILES string of the molecule is CN(CCCO)C1CCN(C(=O)C2CSc3ccccc32)CC1. The lowest BCUT2D eigenvalue weighted by Crippen LogP contribution is -2.47. The molecule has 1 N–H and O–H groups in total. The number of rotatable bonds is 5. The molecule has 1 aromatic carbocycles. The topological polar surface area (TPSA) is 43.8 Å². The highest BCUT2D eigenvalue weighted by molar-refractivity contribution is 7.99. The number of benzene rings is 1. The molecule has 126 valence electrons. The van der Waals surface area contributed by atoms with Crippen LogP contribution in [-0.2, 0) is 4.79 Å². The van der Waals surface area contributed by atoms with Gasteiger partial charge >= 0.3 is 0 Å². The number of aliphatic hydroxyl groups excluding tert-OH is 1. The largest absolute Gasteiger partial charge is 0.396 e. The molecule has 0 spiro atoms. The highest BCUT2D eigenvalue weighted by Crippen LogP contribution is 2.40. The average Bonchev–Trinajstić information content (AvgIpc) is 3.03. The van der Waals surface area contributed by atoms with E-state index in [0.29, 0.717) is 11.9 Å². The fraction of sp³-hybridized carbons (Fsp3) is 0.611. The molecule has 1 atom stereocenters. The van der Waals surface area contributed by atoms with Gasteiger partial charge in [-0.15, -0.1) is 11.8 Å². The molecule has 4 nitrogen and oxygen atoms in total. The van der Waals surface area contributed by atoms with Crippen molar-refractivity contribution in [2.24, 2.45) is 0 Å². The van der Waals surface area contributed by atoms with Gasteiger partial charge in [0.1, 0.15) is 0 Å². The number of carbonyl (C=O) groups excluding carboxylic acids is 1. The van der Waals surface area contributed by atoms with Crippen LogP contribution in [0.5, 0.6) is 0 Å². The molecule has 2 heterocycles. The van der Waals surface area contributed by atoms with Crippen molar-refractivity contribution in [1.82, 2.24) is 9.80 Å². The van der Waals surface area contributed by atoms with Crippen LogP contribution in [0.3, 0.4) is 0 Å². The molecular formula is C18H26N2O2S. The number of likely N-dealkylation sites (tertiary alicyclic amines) is 1. The Morgan fingerprint density at radius 3 is 2.83 bits per heavy atom. The van der Waals surface area contributed by atoms with Crippen molar-refractivity contribution < 1.29 is 9.90 Å². The maximum absolute atomic E-state index is 12.9. The van der Waals surface area contributed by atoms with Gasteiger partial charge in [0.05, 0.1) is 5.92 Å². The summed E-state index contributed by atoms with van der Waals surface area (Å²) in [7, 11) is 2.13. The molecular weight excluding hydrogens is 308 g/mol. The molecule has 0 aromatic heterocycles. The number of fused-ring (bicyclic) bond motifs is 1. The minimum absolute atomic E-state index is 0.0415. The van der Waals surface area contributed by atoms with E-state index in [1.54, 1.807) is 11.8 Å². The maximum atomic E-state index is 12.9. The van der Waals surface area contributed by atoms with Gasteiger partial charge in [-0.2, -0.15) is 0 Å². The Bertz CT molecular complexity index is 544. The molecule has 5 heteroatoms. The molecule has 3 rings (SSSR count). The Balaban J connectivity index is 1.55. The number of hydrogen-bond donors (Lipinski definition) is 1. The van der Waals surface area contributed by atoms with Crippen LogP contribution in [0.15, 0.2) is 29.2 Å². The van der Waals surface area contributed by atoms with Crippen LogP contribution in [0.1, 0.15) is 30.7 Å². The van der Waals surface area contributed by atoms with Gasteiger partial charge in [-0.1, -0.05) is 18.2 Å². The normalized spacial score (nSPS) is 21.7. The standard InChI is InChI=1S/C18H26N2O2S/c1-19(9-4-12-21)14-7-10-20(11-8-14)18(22)16-13-23-17-6-3-2-5-15(16)17/h2-3,5-6,14,16,21H,4,7-13H2,1H3. The molecule has 2 aliphatic heterocycles. The molecule has 1 saturated heterocycles. The molecule has 1 amide bonds. The van der Waals surface area contributed by atoms with Gasteiger partial charge in [-0.3, -0.25) is 4.79 Å². The maximum Gasteiger partial charge on any atom is 0.231 e. The summed E-state index contributed by atoms with van der Waals surface area (Å²) in [6.45, 7) is 2.90. The quantitative estimate of drug-likeness (QED) is 0.896. The number of thioether (sulfide) groups is 1. The summed E-state index contributed by atoms with van der Waals surface area (Å²) in [5.74, 6) is 1.23. The molecule has 1 aromatic rings. The van der Waals surface area contributed by atoms with Gasteiger partial charge in [0.2, 0.25) is 5.91 Å². The first kappa shape index (κ1) is 16.8. The van der Waals surface area contributed by atoms with Crippen molar-refractivity contribution in [2.75, 3.05) is 39.0 Å². The second-order valence-electron chi connectivity index (χ2n) is 6.52. The van der Waals surface area contributed by atoms with E-state index in [4.69, 9.17) is 5.11 Å². The van der Waals surface area contributed by atoms with Crippen molar-refractivity contribution >= 4 is 17.7 Å². The summed E-state index contributed by atoms with van der Waals surface area (Å²) < 4.78 is 0. The van der Waals surface area contributed by atoms with Gasteiger partial charge in [0.25, 0.3) is 0 Å². The Kier molecular flexibility index (Phi) is 5.62. The number of piperidine rings is 1. The lowest BCUT2D eigenvalue weighted by Gasteiger charge is -2.37. The zero-order chi connectivity index (χ0) is 16.2.